The van der Waals surface area contributed by atoms with Gasteiger partial charge in [0.25, 0.3) is 5.60 Å². The standard InChI is InChI=1S/C23H15BrCl2FNO3/c1-2-22(29)23(13-28,14-6-8-18(25)19(26)10-14)31-17-5-3-4-16(12-17)30-21-9-7-15(24)11-20(21)27/h3-12H,2H2,1H3. The lowest BCUT2D eigenvalue weighted by Crippen LogP contribution is -2.40. The lowest BCUT2D eigenvalue weighted by molar-refractivity contribution is -0.130. The first-order valence-electron chi connectivity index (χ1n) is 9.11. The van der Waals surface area contributed by atoms with Crippen LogP contribution in [0.25, 0.3) is 0 Å². The number of ether oxygens (including phenoxy) is 2. The molecular formula is C23H15BrCl2FNO3. The van der Waals surface area contributed by atoms with Gasteiger partial charge in [-0.05, 0) is 42.5 Å². The number of benzene rings is 3. The minimum atomic E-state index is -1.94. The minimum Gasteiger partial charge on any atom is -0.461 e. The third-order valence-electron chi connectivity index (χ3n) is 4.40. The fraction of sp³-hybridized carbons (Fsp3) is 0.130. The van der Waals surface area contributed by atoms with E-state index in [-0.39, 0.29) is 39.3 Å². The molecule has 31 heavy (non-hydrogen) atoms. The van der Waals surface area contributed by atoms with Crippen LogP contribution in [-0.4, -0.2) is 5.78 Å². The van der Waals surface area contributed by atoms with Crippen molar-refractivity contribution in [1.29, 1.82) is 5.26 Å². The van der Waals surface area contributed by atoms with E-state index in [4.69, 9.17) is 32.7 Å². The number of hydrogen-bond donors (Lipinski definition) is 0. The summed E-state index contributed by atoms with van der Waals surface area (Å²) in [6, 6.07) is 17.1. The summed E-state index contributed by atoms with van der Waals surface area (Å²) in [5.41, 5.74) is -1.69. The molecule has 158 valence electrons. The van der Waals surface area contributed by atoms with Crippen LogP contribution >= 0.6 is 39.1 Å². The van der Waals surface area contributed by atoms with Crippen LogP contribution in [0.1, 0.15) is 18.9 Å². The molecular weight excluding hydrogens is 508 g/mol. The normalized spacial score (nSPS) is 12.5. The summed E-state index contributed by atoms with van der Waals surface area (Å²) in [5.74, 6) is -0.545. The van der Waals surface area contributed by atoms with Crippen LogP contribution in [0.4, 0.5) is 4.39 Å². The Kier molecular flexibility index (Phi) is 7.22. The number of carbonyl (C=O) groups excluding carboxylic acids is 1. The fourth-order valence-corrected chi connectivity index (χ4v) is 3.48. The van der Waals surface area contributed by atoms with Crippen molar-refractivity contribution in [2.45, 2.75) is 18.9 Å². The molecule has 3 aromatic carbocycles. The van der Waals surface area contributed by atoms with Crippen molar-refractivity contribution < 1.29 is 18.7 Å². The highest BCUT2D eigenvalue weighted by molar-refractivity contribution is 9.10. The van der Waals surface area contributed by atoms with E-state index < -0.39 is 17.2 Å². The lowest BCUT2D eigenvalue weighted by Gasteiger charge is -2.27. The maximum Gasteiger partial charge on any atom is 0.277 e. The molecule has 0 amide bonds. The Labute approximate surface area is 197 Å². The molecule has 0 radical (unpaired) electrons. The molecule has 3 rings (SSSR count). The molecule has 0 saturated carbocycles. The number of rotatable bonds is 7. The molecule has 1 unspecified atom stereocenters. The van der Waals surface area contributed by atoms with Gasteiger partial charge in [-0.1, -0.05) is 58.2 Å². The van der Waals surface area contributed by atoms with Crippen molar-refractivity contribution in [2.75, 3.05) is 0 Å². The average Bonchev–Trinajstić information content (AvgIpc) is 2.76. The molecule has 0 spiro atoms. The maximum atomic E-state index is 14.1. The molecule has 0 aliphatic rings. The topological polar surface area (TPSA) is 59.3 Å². The quantitative estimate of drug-likeness (QED) is 0.323. The summed E-state index contributed by atoms with van der Waals surface area (Å²) in [7, 11) is 0. The third kappa shape index (κ3) is 5.01. The van der Waals surface area contributed by atoms with E-state index in [0.29, 0.717) is 4.47 Å². The van der Waals surface area contributed by atoms with Gasteiger partial charge in [0, 0.05) is 22.5 Å². The van der Waals surface area contributed by atoms with Crippen molar-refractivity contribution in [3.8, 4) is 23.3 Å². The van der Waals surface area contributed by atoms with Crippen molar-refractivity contribution in [3.05, 3.63) is 86.6 Å². The summed E-state index contributed by atoms with van der Waals surface area (Å²) < 4.78 is 26.2. The summed E-state index contributed by atoms with van der Waals surface area (Å²) in [6.07, 6.45) is 0.0497. The maximum absolute atomic E-state index is 14.1. The van der Waals surface area contributed by atoms with Gasteiger partial charge in [-0.3, -0.25) is 4.79 Å². The van der Waals surface area contributed by atoms with Crippen LogP contribution in [0.15, 0.2) is 65.1 Å². The highest BCUT2D eigenvalue weighted by atomic mass is 79.9. The Bertz CT molecular complexity index is 1180. The highest BCUT2D eigenvalue weighted by Gasteiger charge is 2.42. The Balaban J connectivity index is 1.98. The van der Waals surface area contributed by atoms with Gasteiger partial charge >= 0.3 is 0 Å². The molecule has 0 fully saturated rings. The largest absolute Gasteiger partial charge is 0.461 e. The number of nitriles is 1. The first-order chi connectivity index (χ1) is 14.8. The first kappa shape index (κ1) is 23.1. The van der Waals surface area contributed by atoms with Crippen LogP contribution < -0.4 is 9.47 Å². The van der Waals surface area contributed by atoms with E-state index in [1.165, 1.54) is 36.4 Å². The summed E-state index contributed by atoms with van der Waals surface area (Å²) in [4.78, 5) is 12.8. The van der Waals surface area contributed by atoms with Gasteiger partial charge in [-0.15, -0.1) is 0 Å². The van der Waals surface area contributed by atoms with Crippen molar-refractivity contribution in [1.82, 2.24) is 0 Å². The van der Waals surface area contributed by atoms with Gasteiger partial charge in [0.05, 0.1) is 10.0 Å². The average molecular weight is 523 g/mol. The number of hydrogen-bond acceptors (Lipinski definition) is 4. The zero-order valence-electron chi connectivity index (χ0n) is 16.2. The Morgan fingerprint density at radius 3 is 2.48 bits per heavy atom. The minimum absolute atomic E-state index is 0.0148. The zero-order chi connectivity index (χ0) is 22.6. The molecule has 4 nitrogen and oxygen atoms in total. The molecule has 0 N–H and O–H groups in total. The zero-order valence-corrected chi connectivity index (χ0v) is 19.3. The smallest absolute Gasteiger partial charge is 0.277 e. The summed E-state index contributed by atoms with van der Waals surface area (Å²) in [5, 5.41) is 10.4. The SMILES string of the molecule is CCC(=O)C(C#N)(Oc1cccc(Oc2ccc(Br)cc2F)c1)c1ccc(Cl)c(Cl)c1. The van der Waals surface area contributed by atoms with Crippen molar-refractivity contribution in [3.63, 3.8) is 0 Å². The molecule has 0 aliphatic heterocycles. The Morgan fingerprint density at radius 1 is 1.10 bits per heavy atom. The van der Waals surface area contributed by atoms with Gasteiger partial charge in [-0.2, -0.15) is 5.26 Å². The van der Waals surface area contributed by atoms with E-state index in [0.717, 1.165) is 0 Å². The van der Waals surface area contributed by atoms with E-state index in [9.17, 15) is 14.4 Å². The molecule has 0 bridgehead atoms. The van der Waals surface area contributed by atoms with Gasteiger partial charge in [0.2, 0.25) is 0 Å². The predicted octanol–water partition coefficient (Wildman–Crippen LogP) is 7.46. The highest BCUT2D eigenvalue weighted by Crippen LogP contribution is 2.36. The predicted molar refractivity (Wildman–Crippen MR) is 120 cm³/mol. The van der Waals surface area contributed by atoms with Gasteiger partial charge in [0.15, 0.2) is 17.3 Å². The number of carbonyl (C=O) groups is 1. The molecule has 3 aromatic rings. The van der Waals surface area contributed by atoms with Gasteiger partial charge < -0.3 is 9.47 Å². The van der Waals surface area contributed by atoms with Crippen LogP contribution in [-0.2, 0) is 10.4 Å². The van der Waals surface area contributed by atoms with E-state index in [1.807, 2.05) is 6.07 Å². The van der Waals surface area contributed by atoms with Crippen molar-refractivity contribution in [2.24, 2.45) is 0 Å². The molecule has 0 aromatic heterocycles. The van der Waals surface area contributed by atoms with Crippen LogP contribution in [0.3, 0.4) is 0 Å². The molecule has 0 heterocycles. The summed E-state index contributed by atoms with van der Waals surface area (Å²) >= 11 is 15.3. The van der Waals surface area contributed by atoms with E-state index >= 15 is 0 Å². The number of Topliss-reactive ketones (excluding diaryl/α,β-unsaturated/α-hetero) is 1. The molecule has 8 heteroatoms. The molecule has 1 atom stereocenters. The summed E-state index contributed by atoms with van der Waals surface area (Å²) in [6.45, 7) is 1.63. The van der Waals surface area contributed by atoms with E-state index in [2.05, 4.69) is 15.9 Å². The third-order valence-corrected chi connectivity index (χ3v) is 5.63. The lowest BCUT2D eigenvalue weighted by atomic mass is 9.89. The Hall–Kier alpha value is -2.59. The van der Waals surface area contributed by atoms with Gasteiger partial charge in [0.1, 0.15) is 17.6 Å². The number of halogens is 4. The van der Waals surface area contributed by atoms with Crippen LogP contribution in [0, 0.1) is 17.1 Å². The fourth-order valence-electron chi connectivity index (χ4n) is 2.85. The monoisotopic (exact) mass is 521 g/mol. The second-order valence-electron chi connectivity index (χ2n) is 6.45. The number of ketones is 1. The van der Waals surface area contributed by atoms with E-state index in [1.54, 1.807) is 31.2 Å². The van der Waals surface area contributed by atoms with Crippen molar-refractivity contribution >= 4 is 44.9 Å². The number of nitrogens with zero attached hydrogens (tertiary/aromatic N) is 1. The van der Waals surface area contributed by atoms with Crippen LogP contribution in [0.5, 0.6) is 17.2 Å². The second kappa shape index (κ2) is 9.69. The Morgan fingerprint density at radius 2 is 1.84 bits per heavy atom. The van der Waals surface area contributed by atoms with Gasteiger partial charge in [-0.25, -0.2) is 4.39 Å². The molecule has 0 aliphatic carbocycles. The molecule has 0 saturated heterocycles. The second-order valence-corrected chi connectivity index (χ2v) is 8.18. The first-order valence-corrected chi connectivity index (χ1v) is 10.7. The van der Waals surface area contributed by atoms with Crippen LogP contribution in [0.2, 0.25) is 10.0 Å².